The zero-order chi connectivity index (χ0) is 15.7. The molecule has 0 atom stereocenters. The lowest BCUT2D eigenvalue weighted by Crippen LogP contribution is -2.39. The van der Waals surface area contributed by atoms with Crippen molar-refractivity contribution in [2.45, 2.75) is 39.3 Å². The van der Waals surface area contributed by atoms with Crippen LogP contribution in [0.3, 0.4) is 0 Å². The molecule has 2 aromatic rings. The first kappa shape index (κ1) is 15.1. The Morgan fingerprint density at radius 3 is 2.68 bits per heavy atom. The Labute approximate surface area is 135 Å². The molecule has 22 heavy (non-hydrogen) atoms. The van der Waals surface area contributed by atoms with Gasteiger partial charge in [0, 0.05) is 13.1 Å². The summed E-state index contributed by atoms with van der Waals surface area (Å²) in [4.78, 5) is 14.0. The molecule has 0 saturated heterocycles. The maximum Gasteiger partial charge on any atom is 0.410 e. The predicted octanol–water partition coefficient (Wildman–Crippen LogP) is 4.71. The van der Waals surface area contributed by atoms with Gasteiger partial charge in [-0.15, -0.1) is 0 Å². The summed E-state index contributed by atoms with van der Waals surface area (Å²) in [5.41, 5.74) is 4.63. The molecule has 1 aliphatic heterocycles. The summed E-state index contributed by atoms with van der Waals surface area (Å²) in [5, 5.41) is 4.26. The monoisotopic (exact) mass is 315 g/mol. The summed E-state index contributed by atoms with van der Waals surface area (Å²) in [6.07, 6.45) is 0.659. The van der Waals surface area contributed by atoms with Crippen molar-refractivity contribution in [3.8, 4) is 11.1 Å². The van der Waals surface area contributed by atoms with Gasteiger partial charge in [0.1, 0.15) is 5.60 Å². The van der Waals surface area contributed by atoms with Gasteiger partial charge in [-0.3, -0.25) is 0 Å². The van der Waals surface area contributed by atoms with Gasteiger partial charge in [-0.05, 0) is 66.3 Å². The van der Waals surface area contributed by atoms with Gasteiger partial charge in [0.15, 0.2) is 0 Å². The first-order valence-corrected chi connectivity index (χ1v) is 8.49. The molecular formula is C18H21NO2S. The average Bonchev–Trinajstić information content (AvgIpc) is 2.98. The number of carbonyl (C=O) groups excluding carboxylic acids is 1. The maximum atomic E-state index is 12.2. The number of hydrogen-bond donors (Lipinski definition) is 0. The molecule has 0 aliphatic carbocycles. The molecular weight excluding hydrogens is 294 g/mol. The highest BCUT2D eigenvalue weighted by Crippen LogP contribution is 2.28. The van der Waals surface area contributed by atoms with Crippen molar-refractivity contribution in [3.63, 3.8) is 0 Å². The summed E-state index contributed by atoms with van der Waals surface area (Å²) in [5.74, 6) is 0. The van der Waals surface area contributed by atoms with E-state index in [-0.39, 0.29) is 6.09 Å². The van der Waals surface area contributed by atoms with Crippen molar-refractivity contribution in [1.82, 2.24) is 4.90 Å². The van der Waals surface area contributed by atoms with Gasteiger partial charge in [-0.1, -0.05) is 18.2 Å². The molecule has 116 valence electrons. The van der Waals surface area contributed by atoms with Crippen LogP contribution in [0.1, 0.15) is 31.9 Å². The van der Waals surface area contributed by atoms with Crippen LogP contribution in [-0.2, 0) is 17.7 Å². The number of benzene rings is 1. The van der Waals surface area contributed by atoms with Crippen LogP contribution < -0.4 is 0 Å². The average molecular weight is 315 g/mol. The topological polar surface area (TPSA) is 29.5 Å². The Kier molecular flexibility index (Phi) is 3.96. The molecule has 0 bridgehead atoms. The number of fused-ring (bicyclic) bond motifs is 1. The van der Waals surface area contributed by atoms with Crippen LogP contribution in [0.25, 0.3) is 11.1 Å². The molecule has 3 rings (SSSR count). The largest absolute Gasteiger partial charge is 0.444 e. The Hall–Kier alpha value is -1.81. The standard InChI is InChI=1S/C18H21NO2S/c1-18(2,3)21-17(20)19-8-6-14-10-13(4-5-15(14)11-19)16-7-9-22-12-16/h4-5,7,9-10,12H,6,8,11H2,1-3H3. The molecule has 1 aromatic carbocycles. The zero-order valence-corrected chi connectivity index (χ0v) is 14.1. The van der Waals surface area contributed by atoms with E-state index in [4.69, 9.17) is 4.74 Å². The minimum Gasteiger partial charge on any atom is -0.444 e. The van der Waals surface area contributed by atoms with Crippen LogP contribution in [0, 0.1) is 0 Å². The first-order chi connectivity index (χ1) is 10.4. The van der Waals surface area contributed by atoms with Gasteiger partial charge in [0.2, 0.25) is 0 Å². The van der Waals surface area contributed by atoms with Crippen molar-refractivity contribution in [1.29, 1.82) is 0 Å². The predicted molar refractivity (Wildman–Crippen MR) is 90.1 cm³/mol. The second-order valence-electron chi connectivity index (χ2n) is 6.65. The molecule has 0 fully saturated rings. The van der Waals surface area contributed by atoms with Gasteiger partial charge in [0.25, 0.3) is 0 Å². The Morgan fingerprint density at radius 1 is 1.18 bits per heavy atom. The summed E-state index contributed by atoms with van der Waals surface area (Å²) in [7, 11) is 0. The lowest BCUT2D eigenvalue weighted by molar-refractivity contribution is 0.0224. The number of nitrogens with zero attached hydrogens (tertiary/aromatic N) is 1. The quantitative estimate of drug-likeness (QED) is 0.763. The molecule has 0 unspecified atom stereocenters. The normalized spacial score (nSPS) is 14.6. The van der Waals surface area contributed by atoms with Gasteiger partial charge >= 0.3 is 6.09 Å². The number of ether oxygens (including phenoxy) is 1. The Bertz CT molecular complexity index is 671. The minimum atomic E-state index is -0.444. The fourth-order valence-corrected chi connectivity index (χ4v) is 3.31. The highest BCUT2D eigenvalue weighted by atomic mass is 32.1. The number of hydrogen-bond acceptors (Lipinski definition) is 3. The van der Waals surface area contributed by atoms with E-state index < -0.39 is 5.60 Å². The fourth-order valence-electron chi connectivity index (χ4n) is 2.64. The van der Waals surface area contributed by atoms with Crippen LogP contribution in [-0.4, -0.2) is 23.1 Å². The maximum absolute atomic E-state index is 12.2. The molecule has 3 nitrogen and oxygen atoms in total. The molecule has 1 aromatic heterocycles. The van der Waals surface area contributed by atoms with Crippen LogP contribution in [0.4, 0.5) is 4.79 Å². The van der Waals surface area contributed by atoms with E-state index in [1.807, 2.05) is 20.8 Å². The van der Waals surface area contributed by atoms with Crippen molar-refractivity contribution in [2.24, 2.45) is 0 Å². The first-order valence-electron chi connectivity index (χ1n) is 7.55. The lowest BCUT2D eigenvalue weighted by Gasteiger charge is -2.31. The lowest BCUT2D eigenvalue weighted by atomic mass is 9.96. The smallest absolute Gasteiger partial charge is 0.410 e. The van der Waals surface area contributed by atoms with Crippen molar-refractivity contribution in [2.75, 3.05) is 6.54 Å². The number of carbonyl (C=O) groups is 1. The fraction of sp³-hybridized carbons (Fsp3) is 0.389. The van der Waals surface area contributed by atoms with Crippen LogP contribution in [0.15, 0.2) is 35.0 Å². The zero-order valence-electron chi connectivity index (χ0n) is 13.3. The van der Waals surface area contributed by atoms with Crippen LogP contribution in [0.5, 0.6) is 0 Å². The van der Waals surface area contributed by atoms with E-state index in [9.17, 15) is 4.79 Å². The van der Waals surface area contributed by atoms with E-state index in [1.165, 1.54) is 22.3 Å². The van der Waals surface area contributed by atoms with Gasteiger partial charge in [0.05, 0.1) is 0 Å². The summed E-state index contributed by atoms with van der Waals surface area (Å²) < 4.78 is 5.46. The molecule has 0 spiro atoms. The number of amides is 1. The van der Waals surface area contributed by atoms with Crippen molar-refractivity contribution >= 4 is 17.4 Å². The molecule has 4 heteroatoms. The number of rotatable bonds is 1. The summed E-state index contributed by atoms with van der Waals surface area (Å²) >= 11 is 1.71. The molecule has 1 amide bonds. The molecule has 1 aliphatic rings. The minimum absolute atomic E-state index is 0.222. The molecule has 2 heterocycles. The van der Waals surface area contributed by atoms with E-state index in [2.05, 4.69) is 35.0 Å². The Balaban J connectivity index is 1.76. The third-order valence-corrected chi connectivity index (χ3v) is 4.41. The van der Waals surface area contributed by atoms with E-state index >= 15 is 0 Å². The number of thiophene rings is 1. The summed E-state index contributed by atoms with van der Waals surface area (Å²) in [6.45, 7) is 7.05. The molecule has 0 saturated carbocycles. The second-order valence-corrected chi connectivity index (χ2v) is 7.43. The van der Waals surface area contributed by atoms with E-state index in [0.29, 0.717) is 6.54 Å². The third kappa shape index (κ3) is 3.33. The van der Waals surface area contributed by atoms with Crippen molar-refractivity contribution in [3.05, 3.63) is 46.2 Å². The summed E-state index contributed by atoms with van der Waals surface area (Å²) in [6, 6.07) is 8.67. The van der Waals surface area contributed by atoms with Crippen molar-refractivity contribution < 1.29 is 9.53 Å². The van der Waals surface area contributed by atoms with E-state index in [0.717, 1.165) is 13.0 Å². The van der Waals surface area contributed by atoms with Gasteiger partial charge in [-0.25, -0.2) is 4.79 Å². The van der Waals surface area contributed by atoms with Gasteiger partial charge in [-0.2, -0.15) is 11.3 Å². The highest BCUT2D eigenvalue weighted by Gasteiger charge is 2.25. The van der Waals surface area contributed by atoms with E-state index in [1.54, 1.807) is 16.2 Å². The van der Waals surface area contributed by atoms with Gasteiger partial charge < -0.3 is 9.64 Å². The molecule has 0 radical (unpaired) electrons. The van der Waals surface area contributed by atoms with Crippen LogP contribution in [0.2, 0.25) is 0 Å². The highest BCUT2D eigenvalue weighted by molar-refractivity contribution is 7.08. The van der Waals surface area contributed by atoms with Crippen LogP contribution >= 0.6 is 11.3 Å². The SMILES string of the molecule is CC(C)(C)OC(=O)N1CCc2cc(-c3ccsc3)ccc2C1. The molecule has 0 N–H and O–H groups in total. The Morgan fingerprint density at radius 2 is 2.00 bits per heavy atom. The second kappa shape index (κ2) is 5.76. The third-order valence-electron chi connectivity index (χ3n) is 3.72.